The lowest BCUT2D eigenvalue weighted by atomic mass is 10.0. The Morgan fingerprint density at radius 2 is 0.736 bits per heavy atom. The van der Waals surface area contributed by atoms with Gasteiger partial charge in [0, 0.05) is 12.8 Å². The zero-order chi connectivity index (χ0) is 38.9. The van der Waals surface area contributed by atoms with E-state index < -0.39 is 19.9 Å². The fourth-order valence-corrected chi connectivity index (χ4v) is 7.56. The van der Waals surface area contributed by atoms with Crippen LogP contribution in [0.3, 0.4) is 0 Å². The fraction of sp³-hybridized carbons (Fsp3) is 0.955. The van der Waals surface area contributed by atoms with Gasteiger partial charge in [0.1, 0.15) is 6.61 Å². The second-order valence-corrected chi connectivity index (χ2v) is 16.9. The lowest BCUT2D eigenvalue weighted by Crippen LogP contribution is -2.29. The van der Waals surface area contributed by atoms with E-state index in [4.69, 9.17) is 18.5 Å². The Bertz CT molecular complexity index is 838. The summed E-state index contributed by atoms with van der Waals surface area (Å²) in [6.45, 7) is 5.52. The molecule has 0 fully saturated rings. The summed E-state index contributed by atoms with van der Waals surface area (Å²) in [5.41, 5.74) is 0. The number of hydrogen-bond acceptors (Lipinski definition) is 7. The van der Waals surface area contributed by atoms with E-state index in [9.17, 15) is 19.0 Å². The summed E-state index contributed by atoms with van der Waals surface area (Å²) < 4.78 is 32.7. The maximum atomic E-state index is 12.6. The Balaban J connectivity index is 3.95. The molecule has 0 spiro atoms. The predicted molar refractivity (Wildman–Crippen MR) is 221 cm³/mol. The van der Waals surface area contributed by atoms with Crippen LogP contribution in [0.1, 0.15) is 245 Å². The van der Waals surface area contributed by atoms with Gasteiger partial charge < -0.3 is 14.4 Å². The van der Waals surface area contributed by atoms with E-state index in [1.165, 1.54) is 173 Å². The van der Waals surface area contributed by atoms with Gasteiger partial charge in [0.25, 0.3) is 0 Å². The third-order valence-corrected chi connectivity index (χ3v) is 11.2. The van der Waals surface area contributed by atoms with Crippen LogP contribution in [0, 0.1) is 0 Å². The predicted octanol–water partition coefficient (Wildman–Crippen LogP) is 14.3. The monoisotopic (exact) mass is 775 g/mol. The molecule has 2 unspecified atom stereocenters. The molecule has 0 amide bonds. The molecule has 0 bridgehead atoms. The SMILES string of the molecule is CCCCCCCCCCCCCCCCCCCCCCCC(=O)OC(COC(=O)CCCCCCCCCCCCCC)COP(=O)(O)OCC. The van der Waals surface area contributed by atoms with Gasteiger partial charge in [0.05, 0.1) is 13.2 Å². The van der Waals surface area contributed by atoms with Crippen LogP contribution in [-0.4, -0.2) is 42.8 Å². The van der Waals surface area contributed by atoms with E-state index in [0.29, 0.717) is 6.42 Å². The summed E-state index contributed by atoms with van der Waals surface area (Å²) in [6.07, 6.45) is 41.6. The lowest BCUT2D eigenvalue weighted by Gasteiger charge is -2.19. The number of rotatable bonds is 43. The van der Waals surface area contributed by atoms with Crippen molar-refractivity contribution in [1.29, 1.82) is 0 Å². The van der Waals surface area contributed by atoms with Crippen molar-refractivity contribution in [2.24, 2.45) is 0 Å². The van der Waals surface area contributed by atoms with E-state index in [1.807, 2.05) is 0 Å². The van der Waals surface area contributed by atoms with Crippen LogP contribution >= 0.6 is 7.82 Å². The molecule has 0 aromatic heterocycles. The van der Waals surface area contributed by atoms with E-state index in [1.54, 1.807) is 6.92 Å². The van der Waals surface area contributed by atoms with Gasteiger partial charge >= 0.3 is 19.8 Å². The van der Waals surface area contributed by atoms with Crippen molar-refractivity contribution in [3.63, 3.8) is 0 Å². The van der Waals surface area contributed by atoms with Crippen molar-refractivity contribution < 1.29 is 37.6 Å². The topological polar surface area (TPSA) is 108 Å². The molecule has 0 aromatic rings. The number of carbonyl (C=O) groups is 2. The second-order valence-electron chi connectivity index (χ2n) is 15.4. The molecule has 316 valence electrons. The lowest BCUT2D eigenvalue weighted by molar-refractivity contribution is -0.161. The first-order chi connectivity index (χ1) is 25.8. The maximum Gasteiger partial charge on any atom is 0.472 e. The summed E-state index contributed by atoms with van der Waals surface area (Å²) in [6, 6.07) is 0. The van der Waals surface area contributed by atoms with Crippen molar-refractivity contribution in [1.82, 2.24) is 0 Å². The highest BCUT2D eigenvalue weighted by Gasteiger charge is 2.25. The van der Waals surface area contributed by atoms with Gasteiger partial charge in [-0.05, 0) is 19.8 Å². The molecular formula is C44H87O8P. The van der Waals surface area contributed by atoms with Crippen molar-refractivity contribution in [2.45, 2.75) is 252 Å². The van der Waals surface area contributed by atoms with Crippen LogP contribution in [0.2, 0.25) is 0 Å². The number of ether oxygens (including phenoxy) is 2. The Hall–Kier alpha value is -0.950. The first kappa shape index (κ1) is 52.0. The van der Waals surface area contributed by atoms with E-state index in [-0.39, 0.29) is 32.2 Å². The van der Waals surface area contributed by atoms with Crippen LogP contribution in [0.5, 0.6) is 0 Å². The number of carbonyl (C=O) groups excluding carboxylic acids is 2. The third-order valence-electron chi connectivity index (χ3n) is 10.2. The largest absolute Gasteiger partial charge is 0.472 e. The Kier molecular flexibility index (Phi) is 40.0. The third kappa shape index (κ3) is 40.5. The van der Waals surface area contributed by atoms with Crippen LogP contribution in [0.25, 0.3) is 0 Å². The zero-order valence-corrected chi connectivity index (χ0v) is 36.1. The zero-order valence-electron chi connectivity index (χ0n) is 35.2. The summed E-state index contributed by atoms with van der Waals surface area (Å²) >= 11 is 0. The average molecular weight is 775 g/mol. The van der Waals surface area contributed by atoms with Gasteiger partial charge in [-0.3, -0.25) is 18.6 Å². The summed E-state index contributed by atoms with van der Waals surface area (Å²) in [5.74, 6) is -0.781. The van der Waals surface area contributed by atoms with E-state index in [0.717, 1.165) is 38.5 Å². The van der Waals surface area contributed by atoms with Crippen LogP contribution in [0.4, 0.5) is 0 Å². The minimum atomic E-state index is -4.27. The summed E-state index contributed by atoms with van der Waals surface area (Å²) in [5, 5.41) is 0. The van der Waals surface area contributed by atoms with Gasteiger partial charge in [-0.25, -0.2) is 4.57 Å². The number of unbranched alkanes of at least 4 members (excludes halogenated alkanes) is 31. The smallest absolute Gasteiger partial charge is 0.462 e. The van der Waals surface area contributed by atoms with Crippen LogP contribution in [-0.2, 0) is 32.7 Å². The Morgan fingerprint density at radius 3 is 1.06 bits per heavy atom. The van der Waals surface area contributed by atoms with Crippen molar-refractivity contribution in [3.05, 3.63) is 0 Å². The van der Waals surface area contributed by atoms with Gasteiger partial charge in [-0.2, -0.15) is 0 Å². The molecule has 2 atom stereocenters. The Morgan fingerprint density at radius 1 is 0.434 bits per heavy atom. The summed E-state index contributed by atoms with van der Waals surface area (Å²) in [7, 11) is -4.27. The molecule has 0 rings (SSSR count). The van der Waals surface area contributed by atoms with Gasteiger partial charge in [-0.1, -0.05) is 213 Å². The van der Waals surface area contributed by atoms with E-state index >= 15 is 0 Å². The van der Waals surface area contributed by atoms with E-state index in [2.05, 4.69) is 13.8 Å². The molecule has 0 aromatic carbocycles. The second kappa shape index (κ2) is 40.7. The van der Waals surface area contributed by atoms with Gasteiger partial charge in [0.15, 0.2) is 6.10 Å². The summed E-state index contributed by atoms with van der Waals surface area (Å²) in [4.78, 5) is 34.7. The molecule has 0 saturated carbocycles. The molecule has 53 heavy (non-hydrogen) atoms. The minimum absolute atomic E-state index is 0.00570. The fourth-order valence-electron chi connectivity index (χ4n) is 6.81. The molecule has 0 aliphatic heterocycles. The first-order valence-electron chi connectivity index (χ1n) is 22.8. The molecule has 0 saturated heterocycles. The standard InChI is InChI=1S/C44H87O8P/c1-4-7-9-11-13-15-17-19-20-21-22-23-24-25-26-27-29-31-33-35-37-39-44(46)52-42(41-51-53(47,48)50-6-3)40-49-43(45)38-36-34-32-30-28-18-16-14-12-10-8-5-2/h42H,4-41H2,1-3H3,(H,47,48). The molecule has 8 nitrogen and oxygen atoms in total. The van der Waals surface area contributed by atoms with Gasteiger partial charge in [-0.15, -0.1) is 0 Å². The average Bonchev–Trinajstić information content (AvgIpc) is 3.13. The molecule has 1 N–H and O–H groups in total. The molecular weight excluding hydrogens is 687 g/mol. The normalized spacial score (nSPS) is 13.2. The molecule has 0 radical (unpaired) electrons. The Labute approximate surface area is 328 Å². The highest BCUT2D eigenvalue weighted by atomic mass is 31.2. The highest BCUT2D eigenvalue weighted by Crippen LogP contribution is 2.43. The molecule has 0 aliphatic carbocycles. The molecule has 0 heterocycles. The molecule has 0 aliphatic rings. The van der Waals surface area contributed by atoms with Crippen molar-refractivity contribution in [3.8, 4) is 0 Å². The number of phosphoric ester groups is 1. The van der Waals surface area contributed by atoms with Crippen LogP contribution in [0.15, 0.2) is 0 Å². The minimum Gasteiger partial charge on any atom is -0.462 e. The number of esters is 2. The quantitative estimate of drug-likeness (QED) is 0.0370. The van der Waals surface area contributed by atoms with Gasteiger partial charge in [0.2, 0.25) is 0 Å². The van der Waals surface area contributed by atoms with Crippen molar-refractivity contribution >= 4 is 19.8 Å². The highest BCUT2D eigenvalue weighted by molar-refractivity contribution is 7.47. The first-order valence-corrected chi connectivity index (χ1v) is 24.3. The molecule has 9 heteroatoms. The van der Waals surface area contributed by atoms with Crippen molar-refractivity contribution in [2.75, 3.05) is 19.8 Å². The maximum absolute atomic E-state index is 12.6. The number of phosphoric acid groups is 1. The number of hydrogen-bond donors (Lipinski definition) is 1. The van der Waals surface area contributed by atoms with Crippen LogP contribution < -0.4 is 0 Å².